The van der Waals surface area contributed by atoms with Crippen LogP contribution in [0.5, 0.6) is 5.75 Å². The van der Waals surface area contributed by atoms with Crippen LogP contribution in [0.15, 0.2) is 65.8 Å². The Labute approximate surface area is 242 Å². The lowest BCUT2D eigenvalue weighted by Gasteiger charge is -2.29. The number of halogens is 3. The van der Waals surface area contributed by atoms with Crippen molar-refractivity contribution in [3.8, 4) is 5.75 Å². The molecule has 1 heterocycles. The highest BCUT2D eigenvalue weighted by molar-refractivity contribution is 6.40. The highest BCUT2D eigenvalue weighted by Gasteiger charge is 2.45. The minimum absolute atomic E-state index is 0.170. The molecule has 0 amide bonds. The second-order valence-electron chi connectivity index (χ2n) is 10.4. The van der Waals surface area contributed by atoms with Gasteiger partial charge in [-0.05, 0) is 79.6 Å². The number of ether oxygens (including phenoxy) is 2. The molecule has 1 N–H and O–H groups in total. The van der Waals surface area contributed by atoms with E-state index in [1.54, 1.807) is 50.2 Å². The van der Waals surface area contributed by atoms with Crippen molar-refractivity contribution in [3.05, 3.63) is 98.0 Å². The summed E-state index contributed by atoms with van der Waals surface area (Å²) in [5.41, 5.74) is 2.64. The molecular formula is C30H28Cl3NO5. The number of oxime groups is 1. The van der Waals surface area contributed by atoms with E-state index in [-0.39, 0.29) is 12.6 Å². The largest absolute Gasteiger partial charge is 0.493 e. The Hall–Kier alpha value is -2.77. The summed E-state index contributed by atoms with van der Waals surface area (Å²) in [4.78, 5) is 17.4. The summed E-state index contributed by atoms with van der Waals surface area (Å²) in [5.74, 6) is 0.442. The van der Waals surface area contributed by atoms with Gasteiger partial charge < -0.3 is 19.4 Å². The first kappa shape index (κ1) is 27.8. The molecule has 204 valence electrons. The molecule has 9 heteroatoms. The predicted molar refractivity (Wildman–Crippen MR) is 152 cm³/mol. The lowest BCUT2D eigenvalue weighted by Crippen LogP contribution is -2.44. The SMILES string of the molecule is COC(=O)c1ccc(C2CC2c2ccc(OCC3C(c4c(Cl)cccc4Cl)=NOC3C(C)(C)O)cc2Cl)cc1. The summed E-state index contributed by atoms with van der Waals surface area (Å²) in [7, 11) is 1.37. The standard InChI is InChI=1S/C30H28Cl3NO5/c1-30(2,36)28-22(27(34-39-28)26-23(31)5-4-6-24(26)32)15-38-18-11-12-19(25(33)13-18)21-14-20(21)16-7-9-17(10-8-16)29(35)37-3/h4-13,20-22,28,36H,14-15H2,1-3H3. The van der Waals surface area contributed by atoms with E-state index in [4.69, 9.17) is 49.1 Å². The number of rotatable bonds is 8. The Kier molecular flexibility index (Phi) is 7.84. The molecule has 0 aromatic heterocycles. The van der Waals surface area contributed by atoms with Crippen LogP contribution in [-0.2, 0) is 9.57 Å². The number of benzene rings is 3. The molecule has 6 nitrogen and oxygen atoms in total. The van der Waals surface area contributed by atoms with Gasteiger partial charge in [0, 0.05) is 10.6 Å². The molecule has 5 rings (SSSR count). The third kappa shape index (κ3) is 5.75. The first-order valence-corrected chi connectivity index (χ1v) is 13.7. The van der Waals surface area contributed by atoms with Crippen LogP contribution in [0.25, 0.3) is 0 Å². The number of esters is 1. The first-order chi connectivity index (χ1) is 18.6. The Balaban J connectivity index is 1.29. The van der Waals surface area contributed by atoms with E-state index in [0.29, 0.717) is 49.5 Å². The summed E-state index contributed by atoms with van der Waals surface area (Å²) in [6, 6.07) is 18.4. The van der Waals surface area contributed by atoms with Crippen LogP contribution in [0.3, 0.4) is 0 Å². The topological polar surface area (TPSA) is 77.4 Å². The predicted octanol–water partition coefficient (Wildman–Crippen LogP) is 7.27. The molecule has 0 spiro atoms. The third-order valence-electron chi connectivity index (χ3n) is 7.25. The van der Waals surface area contributed by atoms with E-state index in [0.717, 1.165) is 17.5 Å². The van der Waals surface area contributed by atoms with Gasteiger partial charge in [-0.1, -0.05) is 64.2 Å². The highest BCUT2D eigenvalue weighted by Crippen LogP contribution is 2.56. The van der Waals surface area contributed by atoms with E-state index < -0.39 is 17.6 Å². The molecule has 1 fully saturated rings. The molecule has 0 saturated heterocycles. The van der Waals surface area contributed by atoms with Gasteiger partial charge in [-0.25, -0.2) is 4.79 Å². The zero-order valence-electron chi connectivity index (χ0n) is 21.7. The monoisotopic (exact) mass is 587 g/mol. The average molecular weight is 589 g/mol. The molecule has 39 heavy (non-hydrogen) atoms. The van der Waals surface area contributed by atoms with Crippen LogP contribution in [0, 0.1) is 5.92 Å². The van der Waals surface area contributed by atoms with Crippen molar-refractivity contribution >= 4 is 46.5 Å². The molecule has 1 aliphatic heterocycles. The zero-order chi connectivity index (χ0) is 27.9. The van der Waals surface area contributed by atoms with Gasteiger partial charge in [0.05, 0.1) is 34.2 Å². The number of hydrogen-bond donors (Lipinski definition) is 1. The number of methoxy groups -OCH3 is 1. The number of aliphatic hydroxyl groups is 1. The quantitative estimate of drug-likeness (QED) is 0.280. The Bertz CT molecular complexity index is 1400. The van der Waals surface area contributed by atoms with Gasteiger partial charge in [0.25, 0.3) is 0 Å². The number of carbonyl (C=O) groups excluding carboxylic acids is 1. The van der Waals surface area contributed by atoms with Crippen molar-refractivity contribution in [1.82, 2.24) is 0 Å². The molecule has 3 aromatic rings. The second-order valence-corrected chi connectivity index (χ2v) is 11.6. The minimum Gasteiger partial charge on any atom is -0.493 e. The number of hydrogen-bond acceptors (Lipinski definition) is 6. The van der Waals surface area contributed by atoms with Crippen LogP contribution < -0.4 is 4.74 Å². The van der Waals surface area contributed by atoms with Gasteiger partial charge in [-0.2, -0.15) is 0 Å². The Morgan fingerprint density at radius 3 is 2.33 bits per heavy atom. The van der Waals surface area contributed by atoms with Gasteiger partial charge >= 0.3 is 5.97 Å². The van der Waals surface area contributed by atoms with Crippen molar-refractivity contribution < 1.29 is 24.2 Å². The highest BCUT2D eigenvalue weighted by atomic mass is 35.5. The van der Waals surface area contributed by atoms with Crippen molar-refractivity contribution in [1.29, 1.82) is 0 Å². The van der Waals surface area contributed by atoms with E-state index >= 15 is 0 Å². The molecule has 0 bridgehead atoms. The van der Waals surface area contributed by atoms with Crippen molar-refractivity contribution in [2.24, 2.45) is 11.1 Å². The number of carbonyl (C=O) groups is 1. The van der Waals surface area contributed by atoms with Crippen LogP contribution in [0.1, 0.15) is 59.2 Å². The van der Waals surface area contributed by atoms with E-state index in [1.165, 1.54) is 7.11 Å². The second kappa shape index (κ2) is 11.0. The maximum Gasteiger partial charge on any atom is 0.337 e. The maximum atomic E-state index is 11.7. The van der Waals surface area contributed by atoms with Gasteiger partial charge in [-0.3, -0.25) is 0 Å². The van der Waals surface area contributed by atoms with Gasteiger partial charge in [0.1, 0.15) is 18.1 Å². The van der Waals surface area contributed by atoms with Crippen LogP contribution in [0.2, 0.25) is 15.1 Å². The fourth-order valence-electron chi connectivity index (χ4n) is 5.14. The van der Waals surface area contributed by atoms with E-state index in [2.05, 4.69) is 5.16 Å². The molecule has 3 aromatic carbocycles. The molecule has 4 unspecified atom stereocenters. The summed E-state index contributed by atoms with van der Waals surface area (Å²) in [5, 5.41) is 16.5. The summed E-state index contributed by atoms with van der Waals surface area (Å²) < 4.78 is 10.9. The van der Waals surface area contributed by atoms with Crippen LogP contribution in [0.4, 0.5) is 0 Å². The van der Waals surface area contributed by atoms with Gasteiger partial charge in [0.2, 0.25) is 0 Å². The molecule has 1 saturated carbocycles. The summed E-state index contributed by atoms with van der Waals surface area (Å²) in [6.07, 6.45) is 0.315. The van der Waals surface area contributed by atoms with Gasteiger partial charge in [-0.15, -0.1) is 0 Å². The van der Waals surface area contributed by atoms with Crippen LogP contribution >= 0.6 is 34.8 Å². The third-order valence-corrected chi connectivity index (χ3v) is 8.21. The van der Waals surface area contributed by atoms with Crippen molar-refractivity contribution in [3.63, 3.8) is 0 Å². The lowest BCUT2D eigenvalue weighted by molar-refractivity contribution is -0.0927. The molecule has 2 aliphatic rings. The maximum absolute atomic E-state index is 11.7. The molecule has 4 atom stereocenters. The normalized spacial score (nSPS) is 22.2. The Morgan fingerprint density at radius 2 is 1.72 bits per heavy atom. The fraction of sp³-hybridized carbons (Fsp3) is 0.333. The van der Waals surface area contributed by atoms with Crippen LogP contribution in [-0.4, -0.2) is 42.2 Å². The van der Waals surface area contributed by atoms with Crippen molar-refractivity contribution in [2.45, 2.75) is 43.8 Å². The Morgan fingerprint density at radius 1 is 1.03 bits per heavy atom. The average Bonchev–Trinajstić information content (AvgIpc) is 3.57. The molecule has 1 aliphatic carbocycles. The fourth-order valence-corrected chi connectivity index (χ4v) is 6.04. The van der Waals surface area contributed by atoms with Gasteiger partial charge in [0.15, 0.2) is 6.10 Å². The van der Waals surface area contributed by atoms with Crippen molar-refractivity contribution in [2.75, 3.05) is 13.7 Å². The lowest BCUT2D eigenvalue weighted by atomic mass is 9.85. The van der Waals surface area contributed by atoms with E-state index in [9.17, 15) is 9.90 Å². The molecule has 0 radical (unpaired) electrons. The first-order valence-electron chi connectivity index (χ1n) is 12.6. The summed E-state index contributed by atoms with van der Waals surface area (Å²) >= 11 is 19.6. The zero-order valence-corrected chi connectivity index (χ0v) is 23.9. The summed E-state index contributed by atoms with van der Waals surface area (Å²) in [6.45, 7) is 3.50. The minimum atomic E-state index is -1.19. The number of nitrogens with zero attached hydrogens (tertiary/aromatic N) is 1. The molecular weight excluding hydrogens is 561 g/mol. The van der Waals surface area contributed by atoms with E-state index in [1.807, 2.05) is 24.3 Å². The smallest absolute Gasteiger partial charge is 0.337 e.